The number of pyridine rings is 1. The number of hydrogen-bond donors (Lipinski definition) is 1. The largest absolute Gasteiger partial charge is 0.387 e. The van der Waals surface area contributed by atoms with Gasteiger partial charge in [-0.3, -0.25) is 0 Å². The SMILES string of the molecule is CCCCCCCCC(O)c1nc2ccccc2cc1Br. The second kappa shape index (κ2) is 8.50. The van der Waals surface area contributed by atoms with Crippen molar-refractivity contribution in [2.45, 2.75) is 58.0 Å². The van der Waals surface area contributed by atoms with Gasteiger partial charge in [0.2, 0.25) is 0 Å². The zero-order valence-electron chi connectivity index (χ0n) is 12.7. The molecule has 0 aliphatic rings. The molecule has 1 aromatic carbocycles. The zero-order valence-corrected chi connectivity index (χ0v) is 14.3. The molecule has 0 amide bonds. The van der Waals surface area contributed by atoms with Gasteiger partial charge in [0.15, 0.2) is 0 Å². The number of aliphatic hydroxyl groups is 1. The quantitative estimate of drug-likeness (QED) is 0.612. The minimum Gasteiger partial charge on any atom is -0.387 e. The van der Waals surface area contributed by atoms with Crippen molar-refractivity contribution >= 4 is 26.8 Å². The Morgan fingerprint density at radius 1 is 1.10 bits per heavy atom. The summed E-state index contributed by atoms with van der Waals surface area (Å²) in [5.74, 6) is 0. The number of aliphatic hydroxyl groups excluding tert-OH is 1. The van der Waals surface area contributed by atoms with Crippen LogP contribution in [-0.4, -0.2) is 10.1 Å². The van der Waals surface area contributed by atoms with E-state index in [1.54, 1.807) is 0 Å². The van der Waals surface area contributed by atoms with Gasteiger partial charge in [0.25, 0.3) is 0 Å². The Labute approximate surface area is 135 Å². The van der Waals surface area contributed by atoms with E-state index < -0.39 is 6.10 Å². The van der Waals surface area contributed by atoms with Gasteiger partial charge in [-0.1, -0.05) is 63.6 Å². The predicted molar refractivity (Wildman–Crippen MR) is 92.4 cm³/mol. The molecule has 0 spiro atoms. The molecule has 1 heterocycles. The first kappa shape index (κ1) is 16.4. The summed E-state index contributed by atoms with van der Waals surface area (Å²) in [6.07, 6.45) is 7.74. The second-order valence-corrected chi connectivity index (χ2v) is 6.47. The first-order chi connectivity index (χ1) is 10.2. The highest BCUT2D eigenvalue weighted by atomic mass is 79.9. The topological polar surface area (TPSA) is 33.1 Å². The van der Waals surface area contributed by atoms with Crippen LogP contribution in [0.3, 0.4) is 0 Å². The molecule has 2 nitrogen and oxygen atoms in total. The number of nitrogens with zero attached hydrogens (tertiary/aromatic N) is 1. The van der Waals surface area contributed by atoms with Crippen LogP contribution in [-0.2, 0) is 0 Å². The number of rotatable bonds is 8. The van der Waals surface area contributed by atoms with E-state index in [2.05, 4.69) is 27.8 Å². The fourth-order valence-corrected chi connectivity index (χ4v) is 3.19. The number of unbranched alkanes of at least 4 members (excludes halogenated alkanes) is 5. The van der Waals surface area contributed by atoms with Gasteiger partial charge in [-0.05, 0) is 34.5 Å². The van der Waals surface area contributed by atoms with E-state index in [1.165, 1.54) is 32.1 Å². The zero-order chi connectivity index (χ0) is 15.1. The Balaban J connectivity index is 1.92. The van der Waals surface area contributed by atoms with Gasteiger partial charge in [-0.15, -0.1) is 0 Å². The molecule has 0 bridgehead atoms. The number of benzene rings is 1. The standard InChI is InChI=1S/C18H24BrNO/c1-2-3-4-5-6-7-12-17(21)18-15(19)13-14-10-8-9-11-16(14)20-18/h8-11,13,17,21H,2-7,12H2,1H3. The van der Waals surface area contributed by atoms with Gasteiger partial charge in [0, 0.05) is 9.86 Å². The normalized spacial score (nSPS) is 12.7. The molecule has 21 heavy (non-hydrogen) atoms. The molecule has 2 aromatic rings. The molecule has 2 rings (SSSR count). The van der Waals surface area contributed by atoms with Crippen molar-refractivity contribution in [2.75, 3.05) is 0 Å². The number of aromatic nitrogens is 1. The van der Waals surface area contributed by atoms with Crippen LogP contribution in [0.4, 0.5) is 0 Å². The van der Waals surface area contributed by atoms with Crippen LogP contribution in [0.5, 0.6) is 0 Å². The minimum atomic E-state index is -0.477. The summed E-state index contributed by atoms with van der Waals surface area (Å²) in [4.78, 5) is 4.61. The van der Waals surface area contributed by atoms with Crippen molar-refractivity contribution in [3.05, 3.63) is 40.5 Å². The van der Waals surface area contributed by atoms with E-state index in [-0.39, 0.29) is 0 Å². The summed E-state index contributed by atoms with van der Waals surface area (Å²) < 4.78 is 0.902. The monoisotopic (exact) mass is 349 g/mol. The van der Waals surface area contributed by atoms with E-state index >= 15 is 0 Å². The second-order valence-electron chi connectivity index (χ2n) is 5.62. The Hall–Kier alpha value is -0.930. The van der Waals surface area contributed by atoms with E-state index in [0.29, 0.717) is 0 Å². The number of para-hydroxylation sites is 1. The molecule has 0 saturated heterocycles. The Kier molecular flexibility index (Phi) is 6.65. The molecule has 0 aliphatic heterocycles. The van der Waals surface area contributed by atoms with E-state index in [0.717, 1.165) is 33.9 Å². The van der Waals surface area contributed by atoms with Crippen LogP contribution in [0.2, 0.25) is 0 Å². The lowest BCUT2D eigenvalue weighted by molar-refractivity contribution is 0.158. The molecular weight excluding hydrogens is 326 g/mol. The molecule has 0 radical (unpaired) electrons. The number of hydrogen-bond acceptors (Lipinski definition) is 2. The van der Waals surface area contributed by atoms with Crippen LogP contribution in [0.25, 0.3) is 10.9 Å². The average molecular weight is 350 g/mol. The van der Waals surface area contributed by atoms with Crippen molar-refractivity contribution in [2.24, 2.45) is 0 Å². The lowest BCUT2D eigenvalue weighted by Gasteiger charge is -2.13. The number of fused-ring (bicyclic) bond motifs is 1. The third-order valence-electron chi connectivity index (χ3n) is 3.85. The highest BCUT2D eigenvalue weighted by molar-refractivity contribution is 9.10. The summed E-state index contributed by atoms with van der Waals surface area (Å²) in [5, 5.41) is 11.5. The molecule has 3 heteroatoms. The number of halogens is 1. The molecule has 0 saturated carbocycles. The third-order valence-corrected chi connectivity index (χ3v) is 4.49. The van der Waals surface area contributed by atoms with Crippen LogP contribution >= 0.6 is 15.9 Å². The van der Waals surface area contributed by atoms with Crippen LogP contribution in [0.1, 0.15) is 63.7 Å². The van der Waals surface area contributed by atoms with Crippen molar-refractivity contribution in [3.63, 3.8) is 0 Å². The minimum absolute atomic E-state index is 0.477. The molecule has 114 valence electrons. The fourth-order valence-electron chi connectivity index (χ4n) is 2.59. The van der Waals surface area contributed by atoms with Gasteiger partial charge in [0.1, 0.15) is 0 Å². The van der Waals surface area contributed by atoms with E-state index in [1.807, 2.05) is 30.3 Å². The molecular formula is C18H24BrNO. The summed E-state index contributed by atoms with van der Waals surface area (Å²) >= 11 is 3.54. The summed E-state index contributed by atoms with van der Waals surface area (Å²) in [6, 6.07) is 10.1. The lowest BCUT2D eigenvalue weighted by atomic mass is 10.0. The molecule has 0 aliphatic carbocycles. The first-order valence-electron chi connectivity index (χ1n) is 7.95. The molecule has 1 unspecified atom stereocenters. The smallest absolute Gasteiger partial charge is 0.0971 e. The van der Waals surface area contributed by atoms with Gasteiger partial charge < -0.3 is 5.11 Å². The Morgan fingerprint density at radius 3 is 2.62 bits per heavy atom. The maximum Gasteiger partial charge on any atom is 0.0971 e. The molecule has 1 aromatic heterocycles. The van der Waals surface area contributed by atoms with Crippen LogP contribution in [0, 0.1) is 0 Å². The average Bonchev–Trinajstić information content (AvgIpc) is 2.49. The Bertz CT molecular complexity index is 570. The molecule has 0 fully saturated rings. The highest BCUT2D eigenvalue weighted by Gasteiger charge is 2.13. The first-order valence-corrected chi connectivity index (χ1v) is 8.75. The van der Waals surface area contributed by atoms with Gasteiger partial charge >= 0.3 is 0 Å². The molecule has 1 atom stereocenters. The van der Waals surface area contributed by atoms with Crippen molar-refractivity contribution < 1.29 is 5.11 Å². The van der Waals surface area contributed by atoms with Gasteiger partial charge in [0.05, 0.1) is 17.3 Å². The predicted octanol–water partition coefficient (Wildman–Crippen LogP) is 5.78. The lowest BCUT2D eigenvalue weighted by Crippen LogP contribution is -2.02. The van der Waals surface area contributed by atoms with Gasteiger partial charge in [-0.25, -0.2) is 4.98 Å². The van der Waals surface area contributed by atoms with Crippen molar-refractivity contribution in [1.82, 2.24) is 4.98 Å². The van der Waals surface area contributed by atoms with Crippen molar-refractivity contribution in [1.29, 1.82) is 0 Å². The summed E-state index contributed by atoms with van der Waals surface area (Å²) in [5.41, 5.74) is 1.71. The van der Waals surface area contributed by atoms with E-state index in [4.69, 9.17) is 0 Å². The maximum atomic E-state index is 10.4. The van der Waals surface area contributed by atoms with Crippen molar-refractivity contribution in [3.8, 4) is 0 Å². The summed E-state index contributed by atoms with van der Waals surface area (Å²) in [7, 11) is 0. The van der Waals surface area contributed by atoms with Gasteiger partial charge in [-0.2, -0.15) is 0 Å². The maximum absolute atomic E-state index is 10.4. The summed E-state index contributed by atoms with van der Waals surface area (Å²) in [6.45, 7) is 2.23. The van der Waals surface area contributed by atoms with Crippen LogP contribution in [0.15, 0.2) is 34.8 Å². The van der Waals surface area contributed by atoms with E-state index in [9.17, 15) is 5.11 Å². The third kappa shape index (κ3) is 4.79. The Morgan fingerprint density at radius 2 is 1.81 bits per heavy atom. The fraction of sp³-hybridized carbons (Fsp3) is 0.500. The highest BCUT2D eigenvalue weighted by Crippen LogP contribution is 2.28. The van der Waals surface area contributed by atoms with Crippen LogP contribution < -0.4 is 0 Å². The molecule has 1 N–H and O–H groups in total.